The van der Waals surface area contributed by atoms with E-state index in [4.69, 9.17) is 0 Å². The van der Waals surface area contributed by atoms with Crippen LogP contribution in [-0.2, 0) is 10.0 Å². The fourth-order valence-corrected chi connectivity index (χ4v) is 4.65. The summed E-state index contributed by atoms with van der Waals surface area (Å²) in [6, 6.07) is 3.09. The van der Waals surface area contributed by atoms with Gasteiger partial charge in [0, 0.05) is 0 Å². The molecular weight excluding hydrogens is 330 g/mol. The van der Waals surface area contributed by atoms with E-state index in [2.05, 4.69) is 20.7 Å². The van der Waals surface area contributed by atoms with Crippen molar-refractivity contribution in [3.8, 4) is 0 Å². The van der Waals surface area contributed by atoms with E-state index in [0.717, 1.165) is 11.3 Å². The van der Waals surface area contributed by atoms with E-state index < -0.39 is 28.8 Å². The van der Waals surface area contributed by atoms with Crippen LogP contribution in [0, 0.1) is 0 Å². The zero-order valence-electron chi connectivity index (χ0n) is 9.18. The van der Waals surface area contributed by atoms with E-state index in [0.29, 0.717) is 10.2 Å². The highest BCUT2D eigenvalue weighted by Crippen LogP contribution is 2.27. The molecule has 1 aromatic heterocycles. The highest BCUT2D eigenvalue weighted by Gasteiger charge is 2.33. The van der Waals surface area contributed by atoms with E-state index in [1.807, 2.05) is 0 Å². The summed E-state index contributed by atoms with van der Waals surface area (Å²) in [6.07, 6.45) is 0.297. The van der Waals surface area contributed by atoms with Gasteiger partial charge in [-0.2, -0.15) is 4.72 Å². The average molecular weight is 344 g/mol. The lowest BCUT2D eigenvalue weighted by atomic mass is 10.0. The quantitative estimate of drug-likeness (QED) is 0.716. The zero-order chi connectivity index (χ0) is 13.1. The number of rotatable bonds is 6. The Bertz CT molecular complexity index is 459. The second-order valence-electron chi connectivity index (χ2n) is 3.61. The van der Waals surface area contributed by atoms with E-state index in [-0.39, 0.29) is 4.21 Å². The molecule has 8 heteroatoms. The van der Waals surface area contributed by atoms with Gasteiger partial charge in [-0.05, 0) is 34.5 Å². The summed E-state index contributed by atoms with van der Waals surface area (Å²) in [5.74, 6) is 0. The Labute approximate surface area is 113 Å². The largest absolute Gasteiger partial charge is 0.394 e. The van der Waals surface area contributed by atoms with Crippen LogP contribution < -0.4 is 4.72 Å². The third kappa shape index (κ3) is 3.49. The highest BCUT2D eigenvalue weighted by atomic mass is 79.9. The molecule has 0 fully saturated rings. The maximum atomic E-state index is 12.0. The van der Waals surface area contributed by atoms with Crippen molar-refractivity contribution >= 4 is 37.3 Å². The van der Waals surface area contributed by atoms with Crippen molar-refractivity contribution in [3.05, 3.63) is 15.9 Å². The summed E-state index contributed by atoms with van der Waals surface area (Å²) in [5, 5.41) is 18.4. The molecule has 0 aliphatic heterocycles. The maximum absolute atomic E-state index is 12.0. The third-order valence-corrected chi connectivity index (χ3v) is 6.14. The number of hydrogen-bond donors (Lipinski definition) is 3. The molecule has 0 aliphatic rings. The van der Waals surface area contributed by atoms with Gasteiger partial charge in [-0.25, -0.2) is 8.42 Å². The first kappa shape index (κ1) is 15.1. The molecule has 0 aromatic carbocycles. The second kappa shape index (κ2) is 5.77. The molecule has 0 saturated heterocycles. The SMILES string of the molecule is CCC(CO)(CO)NS(=O)(=O)c1ccc(Br)s1. The van der Waals surface area contributed by atoms with Crippen LogP contribution in [0.2, 0.25) is 0 Å². The third-order valence-electron chi connectivity index (χ3n) is 2.45. The molecule has 3 N–H and O–H groups in total. The van der Waals surface area contributed by atoms with Crippen molar-refractivity contribution in [2.45, 2.75) is 23.1 Å². The summed E-state index contributed by atoms with van der Waals surface area (Å²) in [4.78, 5) is 0. The van der Waals surface area contributed by atoms with Gasteiger partial charge in [0.1, 0.15) is 4.21 Å². The van der Waals surface area contributed by atoms with E-state index in [1.165, 1.54) is 6.07 Å². The molecule has 17 heavy (non-hydrogen) atoms. The lowest BCUT2D eigenvalue weighted by Crippen LogP contribution is -2.53. The number of nitrogens with one attached hydrogen (secondary N) is 1. The summed E-state index contributed by atoms with van der Waals surface area (Å²) < 4.78 is 27.2. The lowest BCUT2D eigenvalue weighted by Gasteiger charge is -2.28. The predicted molar refractivity (Wildman–Crippen MR) is 69.5 cm³/mol. The highest BCUT2D eigenvalue weighted by molar-refractivity contribution is 9.11. The Morgan fingerprint density at radius 1 is 1.41 bits per heavy atom. The maximum Gasteiger partial charge on any atom is 0.250 e. The number of sulfonamides is 1. The lowest BCUT2D eigenvalue weighted by molar-refractivity contribution is 0.105. The number of hydrogen-bond acceptors (Lipinski definition) is 5. The number of thiophene rings is 1. The molecule has 0 bridgehead atoms. The first-order valence-corrected chi connectivity index (χ1v) is 7.99. The average Bonchev–Trinajstić information content (AvgIpc) is 2.74. The Hall–Kier alpha value is 0.01000. The molecule has 0 atom stereocenters. The summed E-state index contributed by atoms with van der Waals surface area (Å²) >= 11 is 4.25. The zero-order valence-corrected chi connectivity index (χ0v) is 12.4. The molecule has 1 aromatic rings. The minimum absolute atomic E-state index is 0.143. The van der Waals surface area contributed by atoms with Gasteiger partial charge < -0.3 is 10.2 Å². The number of halogens is 1. The van der Waals surface area contributed by atoms with Crippen LogP contribution >= 0.6 is 27.3 Å². The van der Waals surface area contributed by atoms with Gasteiger partial charge in [0.15, 0.2) is 0 Å². The molecule has 98 valence electrons. The topological polar surface area (TPSA) is 86.6 Å². The normalized spacial score (nSPS) is 12.9. The summed E-state index contributed by atoms with van der Waals surface area (Å²) in [6.45, 7) is 0.789. The molecule has 5 nitrogen and oxygen atoms in total. The van der Waals surface area contributed by atoms with Crippen molar-refractivity contribution in [1.82, 2.24) is 4.72 Å². The van der Waals surface area contributed by atoms with Gasteiger partial charge in [0.2, 0.25) is 0 Å². The van der Waals surface area contributed by atoms with Crippen LogP contribution in [0.15, 0.2) is 20.1 Å². The van der Waals surface area contributed by atoms with Gasteiger partial charge >= 0.3 is 0 Å². The smallest absolute Gasteiger partial charge is 0.250 e. The Morgan fingerprint density at radius 3 is 2.35 bits per heavy atom. The minimum atomic E-state index is -3.71. The fourth-order valence-electron chi connectivity index (χ4n) is 1.19. The van der Waals surface area contributed by atoms with E-state index in [9.17, 15) is 18.6 Å². The first-order chi connectivity index (χ1) is 7.89. The first-order valence-electron chi connectivity index (χ1n) is 4.90. The van der Waals surface area contributed by atoms with Gasteiger partial charge in [-0.15, -0.1) is 11.3 Å². The van der Waals surface area contributed by atoms with E-state index in [1.54, 1.807) is 13.0 Å². The van der Waals surface area contributed by atoms with Gasteiger partial charge in [0.05, 0.1) is 22.5 Å². The molecule has 0 saturated carbocycles. The second-order valence-corrected chi connectivity index (χ2v) is 7.99. The Kier molecular flexibility index (Phi) is 5.11. The van der Waals surface area contributed by atoms with Crippen LogP contribution in [0.25, 0.3) is 0 Å². The molecule has 0 aliphatic carbocycles. The predicted octanol–water partition coefficient (Wildman–Crippen LogP) is 0.922. The van der Waals surface area contributed by atoms with Crippen LogP contribution in [0.4, 0.5) is 0 Å². The van der Waals surface area contributed by atoms with Crippen LogP contribution in [-0.4, -0.2) is 37.4 Å². The number of aliphatic hydroxyl groups excluding tert-OH is 2. The fraction of sp³-hybridized carbons (Fsp3) is 0.556. The summed E-state index contributed by atoms with van der Waals surface area (Å²) in [5.41, 5.74) is -1.21. The van der Waals surface area contributed by atoms with Gasteiger partial charge in [0.25, 0.3) is 10.0 Å². The molecule has 0 unspecified atom stereocenters. The van der Waals surface area contributed by atoms with Crippen LogP contribution in [0.5, 0.6) is 0 Å². The molecule has 0 spiro atoms. The van der Waals surface area contributed by atoms with Crippen LogP contribution in [0.3, 0.4) is 0 Å². The Balaban J connectivity index is 3.00. The minimum Gasteiger partial charge on any atom is -0.394 e. The molecular formula is C9H14BrNO4S2. The van der Waals surface area contributed by atoms with Crippen molar-refractivity contribution in [2.75, 3.05) is 13.2 Å². The van der Waals surface area contributed by atoms with Crippen molar-refractivity contribution < 1.29 is 18.6 Å². The van der Waals surface area contributed by atoms with Crippen molar-refractivity contribution in [1.29, 1.82) is 0 Å². The van der Waals surface area contributed by atoms with Gasteiger partial charge in [-0.3, -0.25) is 0 Å². The molecule has 0 radical (unpaired) electrons. The van der Waals surface area contributed by atoms with Crippen LogP contribution in [0.1, 0.15) is 13.3 Å². The van der Waals surface area contributed by atoms with Gasteiger partial charge in [-0.1, -0.05) is 6.92 Å². The number of aliphatic hydroxyl groups is 2. The van der Waals surface area contributed by atoms with E-state index >= 15 is 0 Å². The monoisotopic (exact) mass is 343 g/mol. The molecule has 0 amide bonds. The van der Waals surface area contributed by atoms with Crippen molar-refractivity contribution in [2.24, 2.45) is 0 Å². The standard InChI is InChI=1S/C9H14BrNO4S2/c1-2-9(5-12,6-13)11-17(14,15)8-4-3-7(10)16-8/h3-4,11-13H,2,5-6H2,1H3. The van der Waals surface area contributed by atoms with Crippen molar-refractivity contribution in [3.63, 3.8) is 0 Å². The molecule has 1 rings (SSSR count). The Morgan fingerprint density at radius 2 is 2.00 bits per heavy atom. The molecule has 1 heterocycles. The summed E-state index contributed by atoms with van der Waals surface area (Å²) in [7, 11) is -3.71.